The van der Waals surface area contributed by atoms with E-state index < -0.39 is 0 Å². The third-order valence-electron chi connectivity index (χ3n) is 2.69. The smallest absolute Gasteiger partial charge is 0.231 e. The van der Waals surface area contributed by atoms with E-state index in [-0.39, 0.29) is 6.79 Å². The first kappa shape index (κ1) is 12.4. The van der Waals surface area contributed by atoms with E-state index in [9.17, 15) is 0 Å². The second kappa shape index (κ2) is 5.19. The summed E-state index contributed by atoms with van der Waals surface area (Å²) >= 11 is 7.77. The van der Waals surface area contributed by atoms with Crippen LogP contribution in [0.4, 0.5) is 5.69 Å². The molecule has 98 valence electrons. The lowest BCUT2D eigenvalue weighted by Crippen LogP contribution is -1.93. The number of hydrogen-bond acceptors (Lipinski definition) is 5. The Kier molecular flexibility index (Phi) is 3.40. The molecule has 3 rings (SSSR count). The van der Waals surface area contributed by atoms with Gasteiger partial charge in [-0.2, -0.15) is 0 Å². The van der Waals surface area contributed by atoms with Gasteiger partial charge in [0.25, 0.3) is 0 Å². The zero-order chi connectivity index (χ0) is 13.2. The number of anilines is 1. The van der Waals surface area contributed by atoms with Crippen LogP contribution >= 0.6 is 23.4 Å². The molecule has 2 heterocycles. The molecule has 1 aliphatic heterocycles. The minimum atomic E-state index is 0.225. The van der Waals surface area contributed by atoms with E-state index in [1.54, 1.807) is 24.2 Å². The summed E-state index contributed by atoms with van der Waals surface area (Å²) in [5.74, 6) is 2.08. The molecular formula is C13H11ClN2O2S. The first-order chi connectivity index (χ1) is 9.24. The number of fused-ring (bicyclic) bond motifs is 1. The molecule has 0 atom stereocenters. The lowest BCUT2D eigenvalue weighted by Gasteiger charge is -2.06. The molecule has 2 aromatic rings. The SMILES string of the molecule is Nc1cnccc1SCc1cc(Cl)c2c(c1)OCO2. The van der Waals surface area contributed by atoms with Gasteiger partial charge in [0.05, 0.1) is 16.9 Å². The molecular weight excluding hydrogens is 284 g/mol. The standard InChI is InChI=1S/C13H11ClN2O2S/c14-9-3-8(4-11-13(9)18-7-17-11)6-19-12-1-2-16-5-10(12)15/h1-5H,6-7,15H2. The lowest BCUT2D eigenvalue weighted by atomic mass is 10.2. The molecule has 0 unspecified atom stereocenters. The minimum absolute atomic E-state index is 0.225. The van der Waals surface area contributed by atoms with E-state index >= 15 is 0 Å². The number of nitrogen functional groups attached to an aromatic ring is 1. The molecule has 4 nitrogen and oxygen atoms in total. The predicted molar refractivity (Wildman–Crippen MR) is 75.8 cm³/mol. The molecule has 0 radical (unpaired) electrons. The van der Waals surface area contributed by atoms with Crippen molar-refractivity contribution in [3.63, 3.8) is 0 Å². The van der Waals surface area contributed by atoms with Crippen molar-refractivity contribution in [2.24, 2.45) is 0 Å². The van der Waals surface area contributed by atoms with Crippen molar-refractivity contribution in [3.8, 4) is 11.5 Å². The number of benzene rings is 1. The van der Waals surface area contributed by atoms with Gasteiger partial charge in [-0.25, -0.2) is 0 Å². The molecule has 0 saturated heterocycles. The van der Waals surface area contributed by atoms with E-state index in [4.69, 9.17) is 26.8 Å². The Morgan fingerprint density at radius 2 is 2.26 bits per heavy atom. The van der Waals surface area contributed by atoms with Crippen LogP contribution in [0.2, 0.25) is 5.02 Å². The first-order valence-electron chi connectivity index (χ1n) is 5.64. The number of hydrogen-bond donors (Lipinski definition) is 1. The maximum atomic E-state index is 6.14. The highest BCUT2D eigenvalue weighted by atomic mass is 35.5. The first-order valence-corrected chi connectivity index (χ1v) is 7.00. The Hall–Kier alpha value is -1.59. The van der Waals surface area contributed by atoms with Crippen molar-refractivity contribution >= 4 is 29.1 Å². The summed E-state index contributed by atoms with van der Waals surface area (Å²) in [7, 11) is 0. The summed E-state index contributed by atoms with van der Waals surface area (Å²) in [5, 5.41) is 0.577. The number of pyridine rings is 1. The number of nitrogens with two attached hydrogens (primary N) is 1. The Morgan fingerprint density at radius 3 is 3.11 bits per heavy atom. The number of nitrogens with zero attached hydrogens (tertiary/aromatic N) is 1. The van der Waals surface area contributed by atoms with Crippen molar-refractivity contribution in [2.45, 2.75) is 10.6 Å². The fourth-order valence-electron chi connectivity index (χ4n) is 1.79. The van der Waals surface area contributed by atoms with E-state index in [1.807, 2.05) is 18.2 Å². The van der Waals surface area contributed by atoms with Gasteiger partial charge in [-0.1, -0.05) is 11.6 Å². The summed E-state index contributed by atoms with van der Waals surface area (Å²) in [6, 6.07) is 5.73. The van der Waals surface area contributed by atoms with Crippen LogP contribution in [0.1, 0.15) is 5.56 Å². The Bertz CT molecular complexity index is 622. The summed E-state index contributed by atoms with van der Waals surface area (Å²) in [4.78, 5) is 4.97. The third kappa shape index (κ3) is 2.57. The average Bonchev–Trinajstić information content (AvgIpc) is 2.87. The molecule has 1 aliphatic rings. The summed E-state index contributed by atoms with van der Waals surface area (Å²) in [6.45, 7) is 0.225. The maximum Gasteiger partial charge on any atom is 0.231 e. The van der Waals surface area contributed by atoms with Crippen LogP contribution in [-0.2, 0) is 5.75 Å². The number of ether oxygens (including phenoxy) is 2. The van der Waals surface area contributed by atoms with Crippen LogP contribution in [0.15, 0.2) is 35.5 Å². The zero-order valence-corrected chi connectivity index (χ0v) is 11.5. The monoisotopic (exact) mass is 294 g/mol. The van der Waals surface area contributed by atoms with Crippen molar-refractivity contribution in [3.05, 3.63) is 41.2 Å². The number of aromatic nitrogens is 1. The van der Waals surface area contributed by atoms with Gasteiger partial charge >= 0.3 is 0 Å². The third-order valence-corrected chi connectivity index (χ3v) is 4.13. The molecule has 0 fully saturated rings. The molecule has 0 saturated carbocycles. The maximum absolute atomic E-state index is 6.14. The van der Waals surface area contributed by atoms with Gasteiger partial charge in [0.2, 0.25) is 6.79 Å². The van der Waals surface area contributed by atoms with E-state index in [1.165, 1.54) is 0 Å². The predicted octanol–water partition coefficient (Wildman–Crippen LogP) is 3.34. The quantitative estimate of drug-likeness (QED) is 0.880. The number of thioether (sulfide) groups is 1. The van der Waals surface area contributed by atoms with Gasteiger partial charge in [-0.15, -0.1) is 11.8 Å². The van der Waals surface area contributed by atoms with Gasteiger partial charge in [0.1, 0.15) is 0 Å². The van der Waals surface area contributed by atoms with Crippen LogP contribution in [0.25, 0.3) is 0 Å². The zero-order valence-electron chi connectivity index (χ0n) is 9.93. The van der Waals surface area contributed by atoms with Gasteiger partial charge < -0.3 is 15.2 Å². The molecule has 0 spiro atoms. The summed E-state index contributed by atoms with van der Waals surface area (Å²) in [6.07, 6.45) is 3.38. The molecule has 0 amide bonds. The van der Waals surface area contributed by atoms with E-state index in [0.29, 0.717) is 22.2 Å². The van der Waals surface area contributed by atoms with Crippen LogP contribution in [0.5, 0.6) is 11.5 Å². The molecule has 0 aliphatic carbocycles. The normalized spacial score (nSPS) is 12.7. The van der Waals surface area contributed by atoms with E-state index in [2.05, 4.69) is 4.98 Å². The van der Waals surface area contributed by atoms with Crippen molar-refractivity contribution < 1.29 is 9.47 Å². The highest BCUT2D eigenvalue weighted by molar-refractivity contribution is 7.98. The minimum Gasteiger partial charge on any atom is -0.454 e. The van der Waals surface area contributed by atoms with Crippen molar-refractivity contribution in [1.82, 2.24) is 4.98 Å². The fraction of sp³-hybridized carbons (Fsp3) is 0.154. The average molecular weight is 295 g/mol. The van der Waals surface area contributed by atoms with E-state index in [0.717, 1.165) is 16.2 Å². The highest BCUT2D eigenvalue weighted by Crippen LogP contribution is 2.41. The van der Waals surface area contributed by atoms with Gasteiger partial charge in [-0.3, -0.25) is 4.98 Å². The highest BCUT2D eigenvalue weighted by Gasteiger charge is 2.18. The van der Waals surface area contributed by atoms with Gasteiger partial charge in [0, 0.05) is 16.8 Å². The fourth-order valence-corrected chi connectivity index (χ4v) is 2.94. The van der Waals surface area contributed by atoms with Crippen molar-refractivity contribution in [2.75, 3.05) is 12.5 Å². The Morgan fingerprint density at radius 1 is 1.37 bits per heavy atom. The van der Waals surface area contributed by atoms with Crippen LogP contribution in [-0.4, -0.2) is 11.8 Å². The molecule has 1 aromatic carbocycles. The summed E-state index contributed by atoms with van der Waals surface area (Å²) < 4.78 is 10.6. The van der Waals surface area contributed by atoms with Gasteiger partial charge in [-0.05, 0) is 23.8 Å². The molecule has 0 bridgehead atoms. The number of rotatable bonds is 3. The second-order valence-electron chi connectivity index (χ2n) is 4.01. The largest absolute Gasteiger partial charge is 0.454 e. The number of halogens is 1. The summed E-state index contributed by atoms with van der Waals surface area (Å²) in [5.41, 5.74) is 7.60. The van der Waals surface area contributed by atoms with Crippen LogP contribution in [0, 0.1) is 0 Å². The van der Waals surface area contributed by atoms with Crippen LogP contribution in [0.3, 0.4) is 0 Å². The molecule has 6 heteroatoms. The molecule has 19 heavy (non-hydrogen) atoms. The Labute approximate surface area is 119 Å². The topological polar surface area (TPSA) is 57.4 Å². The van der Waals surface area contributed by atoms with Crippen molar-refractivity contribution in [1.29, 1.82) is 0 Å². The lowest BCUT2D eigenvalue weighted by molar-refractivity contribution is 0.174. The second-order valence-corrected chi connectivity index (χ2v) is 5.44. The Balaban J connectivity index is 1.78. The van der Waals surface area contributed by atoms with Gasteiger partial charge in [0.15, 0.2) is 11.5 Å². The molecule has 2 N–H and O–H groups in total. The van der Waals surface area contributed by atoms with Crippen LogP contribution < -0.4 is 15.2 Å². The molecule has 1 aromatic heterocycles.